The zero-order valence-corrected chi connectivity index (χ0v) is 18.1. The van der Waals surface area contributed by atoms with E-state index in [4.69, 9.17) is 26.0 Å². The van der Waals surface area contributed by atoms with E-state index < -0.39 is 34.5 Å². The second-order valence-corrected chi connectivity index (χ2v) is 8.06. The Kier molecular flexibility index (Phi) is 6.21. The first-order valence-electron chi connectivity index (χ1n) is 10.1. The molecule has 1 aliphatic rings. The summed E-state index contributed by atoms with van der Waals surface area (Å²) in [5.74, 6) is 1.06. The maximum atomic E-state index is 13.4. The molecular weight excluding hydrogens is 396 g/mol. The van der Waals surface area contributed by atoms with Gasteiger partial charge in [-0.1, -0.05) is 73.5 Å². The molecule has 0 radical (unpaired) electrons. The van der Waals surface area contributed by atoms with Gasteiger partial charge in [0.15, 0.2) is 0 Å². The van der Waals surface area contributed by atoms with Gasteiger partial charge in [-0.05, 0) is 32.8 Å². The second-order valence-electron chi connectivity index (χ2n) is 8.06. The van der Waals surface area contributed by atoms with Crippen LogP contribution in [0.2, 0.25) is 0 Å². The van der Waals surface area contributed by atoms with Crippen LogP contribution in [0.5, 0.6) is 0 Å². The van der Waals surface area contributed by atoms with E-state index in [2.05, 4.69) is 5.92 Å². The van der Waals surface area contributed by atoms with E-state index in [1.165, 1.54) is 0 Å². The molecule has 162 valence electrons. The molecule has 1 heterocycles. The standard InChI is InChI=1S/C25H26O6/c1-6-23(4,5)24(7-2,19-14-10-8-11-15-19)21(26)29-30-22(27)25(18(3)28-31-25)20-16-12-9-13-17-20/h1,8-18H,7H2,2-5H3. The van der Waals surface area contributed by atoms with Crippen LogP contribution in [0, 0.1) is 17.8 Å². The molecule has 1 saturated heterocycles. The predicted molar refractivity (Wildman–Crippen MR) is 113 cm³/mol. The Morgan fingerprint density at radius 3 is 2.10 bits per heavy atom. The van der Waals surface area contributed by atoms with Crippen molar-refractivity contribution in [1.82, 2.24) is 0 Å². The third-order valence-electron chi connectivity index (χ3n) is 6.17. The van der Waals surface area contributed by atoms with E-state index in [-0.39, 0.29) is 0 Å². The van der Waals surface area contributed by atoms with Crippen LogP contribution in [0.1, 0.15) is 45.2 Å². The van der Waals surface area contributed by atoms with Crippen LogP contribution in [0.15, 0.2) is 60.7 Å². The van der Waals surface area contributed by atoms with Gasteiger partial charge in [0.05, 0.1) is 0 Å². The Balaban J connectivity index is 1.90. The molecule has 0 saturated carbocycles. The molecule has 3 unspecified atom stereocenters. The summed E-state index contributed by atoms with van der Waals surface area (Å²) in [6, 6.07) is 17.9. The van der Waals surface area contributed by atoms with Crippen molar-refractivity contribution in [2.45, 2.75) is 51.2 Å². The topological polar surface area (TPSA) is 71.1 Å². The van der Waals surface area contributed by atoms with Gasteiger partial charge in [-0.15, -0.1) is 6.42 Å². The van der Waals surface area contributed by atoms with Crippen molar-refractivity contribution in [3.8, 4) is 12.3 Å². The van der Waals surface area contributed by atoms with Crippen LogP contribution < -0.4 is 0 Å². The molecular formula is C25H26O6. The van der Waals surface area contributed by atoms with E-state index in [9.17, 15) is 9.59 Å². The first-order valence-corrected chi connectivity index (χ1v) is 10.1. The van der Waals surface area contributed by atoms with Gasteiger partial charge in [-0.25, -0.2) is 29.1 Å². The molecule has 2 aromatic rings. The molecule has 1 fully saturated rings. The number of hydrogen-bond acceptors (Lipinski definition) is 6. The highest BCUT2D eigenvalue weighted by molar-refractivity contribution is 5.87. The summed E-state index contributed by atoms with van der Waals surface area (Å²) in [5, 5.41) is 0. The smallest absolute Gasteiger partial charge is 0.246 e. The summed E-state index contributed by atoms with van der Waals surface area (Å²) >= 11 is 0. The molecule has 0 aromatic heterocycles. The van der Waals surface area contributed by atoms with Crippen molar-refractivity contribution in [1.29, 1.82) is 0 Å². The van der Waals surface area contributed by atoms with Crippen molar-refractivity contribution in [3.05, 3.63) is 71.8 Å². The minimum absolute atomic E-state index is 0.338. The maximum Gasteiger partial charge on any atom is 0.397 e. The van der Waals surface area contributed by atoms with Gasteiger partial charge < -0.3 is 0 Å². The average molecular weight is 422 g/mol. The van der Waals surface area contributed by atoms with E-state index >= 15 is 0 Å². The van der Waals surface area contributed by atoms with Gasteiger partial charge >= 0.3 is 11.9 Å². The first-order chi connectivity index (χ1) is 14.8. The Bertz CT molecular complexity index is 978. The molecule has 1 aliphatic heterocycles. The van der Waals surface area contributed by atoms with Gasteiger partial charge in [0.2, 0.25) is 0 Å². The van der Waals surface area contributed by atoms with Crippen molar-refractivity contribution < 1.29 is 29.1 Å². The minimum Gasteiger partial charge on any atom is -0.246 e. The quantitative estimate of drug-likeness (QED) is 0.394. The van der Waals surface area contributed by atoms with Crippen molar-refractivity contribution in [3.63, 3.8) is 0 Å². The SMILES string of the molecule is C#CC(C)(C)C(CC)(C(=O)OOC(=O)C1(c2ccccc2)OOC1C)c1ccccc1. The van der Waals surface area contributed by atoms with E-state index in [0.29, 0.717) is 17.5 Å². The van der Waals surface area contributed by atoms with Crippen LogP contribution in [-0.2, 0) is 40.2 Å². The highest BCUT2D eigenvalue weighted by Gasteiger charge is 2.60. The van der Waals surface area contributed by atoms with Crippen molar-refractivity contribution in [2.24, 2.45) is 5.41 Å². The van der Waals surface area contributed by atoms with Crippen LogP contribution in [0.3, 0.4) is 0 Å². The molecule has 0 amide bonds. The largest absolute Gasteiger partial charge is 0.397 e. The highest BCUT2D eigenvalue weighted by Crippen LogP contribution is 2.46. The van der Waals surface area contributed by atoms with Gasteiger partial charge in [0.25, 0.3) is 5.60 Å². The Hall–Kier alpha value is -3.14. The summed E-state index contributed by atoms with van der Waals surface area (Å²) in [7, 11) is 0. The van der Waals surface area contributed by atoms with Crippen molar-refractivity contribution >= 4 is 11.9 Å². The number of hydrogen-bond donors (Lipinski definition) is 0. The molecule has 6 nitrogen and oxygen atoms in total. The number of terminal acetylenes is 1. The lowest BCUT2D eigenvalue weighted by atomic mass is 9.60. The number of carbonyl (C=O) groups excluding carboxylic acids is 2. The number of carbonyl (C=O) groups is 2. The summed E-state index contributed by atoms with van der Waals surface area (Å²) < 4.78 is 0. The third kappa shape index (κ3) is 3.50. The zero-order valence-electron chi connectivity index (χ0n) is 18.1. The molecule has 0 aliphatic carbocycles. The normalized spacial score (nSPS) is 22.4. The molecule has 2 aromatic carbocycles. The summed E-state index contributed by atoms with van der Waals surface area (Å²) in [4.78, 5) is 46.7. The van der Waals surface area contributed by atoms with Gasteiger partial charge in [0.1, 0.15) is 11.5 Å². The average Bonchev–Trinajstić information content (AvgIpc) is 2.79. The number of rotatable bonds is 6. The van der Waals surface area contributed by atoms with E-state index in [1.807, 2.05) is 43.3 Å². The van der Waals surface area contributed by atoms with Crippen LogP contribution in [0.25, 0.3) is 0 Å². The molecule has 0 bridgehead atoms. The predicted octanol–water partition coefficient (Wildman–Crippen LogP) is 4.24. The lowest BCUT2D eigenvalue weighted by Crippen LogP contribution is -2.58. The van der Waals surface area contributed by atoms with E-state index in [1.54, 1.807) is 45.0 Å². The molecule has 0 spiro atoms. The summed E-state index contributed by atoms with van der Waals surface area (Å²) in [6.45, 7) is 7.07. The summed E-state index contributed by atoms with van der Waals surface area (Å²) in [5.41, 5.74) is -2.47. The highest BCUT2D eigenvalue weighted by atomic mass is 17.3. The Morgan fingerprint density at radius 1 is 1.06 bits per heavy atom. The Labute approximate surface area is 182 Å². The first kappa shape index (κ1) is 22.5. The summed E-state index contributed by atoms with van der Waals surface area (Å²) in [6.07, 6.45) is 5.50. The lowest BCUT2D eigenvalue weighted by Gasteiger charge is -2.43. The molecule has 3 rings (SSSR count). The van der Waals surface area contributed by atoms with Crippen molar-refractivity contribution in [2.75, 3.05) is 0 Å². The fourth-order valence-corrected chi connectivity index (χ4v) is 4.11. The van der Waals surface area contributed by atoms with Crippen LogP contribution in [0.4, 0.5) is 0 Å². The molecule has 0 N–H and O–H groups in total. The van der Waals surface area contributed by atoms with Crippen LogP contribution >= 0.6 is 0 Å². The maximum absolute atomic E-state index is 13.4. The van der Waals surface area contributed by atoms with Gasteiger partial charge in [-0.2, -0.15) is 0 Å². The lowest BCUT2D eigenvalue weighted by molar-refractivity contribution is -0.504. The van der Waals surface area contributed by atoms with Crippen LogP contribution in [-0.4, -0.2) is 18.0 Å². The minimum atomic E-state index is -1.52. The van der Waals surface area contributed by atoms with Gasteiger partial charge in [0, 0.05) is 11.0 Å². The van der Waals surface area contributed by atoms with E-state index in [0.717, 1.165) is 0 Å². The Morgan fingerprint density at radius 2 is 1.65 bits per heavy atom. The van der Waals surface area contributed by atoms with Gasteiger partial charge in [-0.3, -0.25) is 0 Å². The number of benzene rings is 2. The zero-order chi connectivity index (χ0) is 22.7. The monoisotopic (exact) mass is 422 g/mol. The second kappa shape index (κ2) is 8.54. The fraction of sp³-hybridized carbons (Fsp3) is 0.360. The fourth-order valence-electron chi connectivity index (χ4n) is 4.11. The molecule has 3 atom stereocenters. The molecule has 31 heavy (non-hydrogen) atoms. The molecule has 6 heteroatoms. The third-order valence-corrected chi connectivity index (χ3v) is 6.17.